The Labute approximate surface area is 164 Å². The molecule has 2 nitrogen and oxygen atoms in total. The van der Waals surface area contributed by atoms with Gasteiger partial charge in [-0.05, 0) is 46.5 Å². The standard InChI is InChI=1S/C22H15F3O2S/c23-22(24,25)27-15-11-9-14(10-12-15)21(26)28-13-20-18-7-3-1-5-16(18)17-6-2-4-8-19(17)20/h1-12,20H,13H2. The fourth-order valence-electron chi connectivity index (χ4n) is 3.47. The normalized spacial score (nSPS) is 13.1. The highest BCUT2D eigenvalue weighted by Gasteiger charge is 2.31. The van der Waals surface area contributed by atoms with Gasteiger partial charge in [-0.3, -0.25) is 4.79 Å². The van der Waals surface area contributed by atoms with Crippen molar-refractivity contribution in [3.05, 3.63) is 89.5 Å². The van der Waals surface area contributed by atoms with E-state index in [9.17, 15) is 18.0 Å². The van der Waals surface area contributed by atoms with Crippen LogP contribution >= 0.6 is 11.8 Å². The van der Waals surface area contributed by atoms with Gasteiger partial charge in [-0.2, -0.15) is 0 Å². The molecule has 0 saturated carbocycles. The summed E-state index contributed by atoms with van der Waals surface area (Å²) in [6.45, 7) is 0. The Balaban J connectivity index is 1.48. The van der Waals surface area contributed by atoms with Gasteiger partial charge in [-0.1, -0.05) is 60.3 Å². The lowest BCUT2D eigenvalue weighted by Crippen LogP contribution is -2.17. The monoisotopic (exact) mass is 400 g/mol. The molecule has 0 N–H and O–H groups in total. The molecule has 142 valence electrons. The molecule has 0 unspecified atom stereocenters. The summed E-state index contributed by atoms with van der Waals surface area (Å²) in [5, 5.41) is -0.180. The van der Waals surface area contributed by atoms with Crippen LogP contribution in [0.2, 0.25) is 0 Å². The highest BCUT2D eigenvalue weighted by atomic mass is 32.2. The zero-order valence-corrected chi connectivity index (χ0v) is 15.4. The van der Waals surface area contributed by atoms with Gasteiger partial charge in [0.2, 0.25) is 5.12 Å². The molecule has 4 rings (SSSR count). The Bertz CT molecular complexity index is 967. The quantitative estimate of drug-likeness (QED) is 0.516. The number of carbonyl (C=O) groups is 1. The topological polar surface area (TPSA) is 26.3 Å². The molecule has 1 aliphatic rings. The summed E-state index contributed by atoms with van der Waals surface area (Å²) in [7, 11) is 0. The van der Waals surface area contributed by atoms with Crippen LogP contribution in [0.15, 0.2) is 72.8 Å². The number of benzene rings is 3. The summed E-state index contributed by atoms with van der Waals surface area (Å²) < 4.78 is 40.6. The number of carbonyl (C=O) groups excluding carboxylic acids is 1. The second-order valence-electron chi connectivity index (χ2n) is 6.40. The number of alkyl halides is 3. The zero-order valence-electron chi connectivity index (χ0n) is 14.6. The molecule has 1 aliphatic carbocycles. The van der Waals surface area contributed by atoms with E-state index in [1.54, 1.807) is 0 Å². The second kappa shape index (κ2) is 7.36. The van der Waals surface area contributed by atoms with E-state index in [4.69, 9.17) is 0 Å². The van der Waals surface area contributed by atoms with E-state index in [1.165, 1.54) is 46.1 Å². The predicted octanol–water partition coefficient (Wildman–Crippen LogP) is 6.27. The minimum atomic E-state index is -4.75. The number of hydrogen-bond donors (Lipinski definition) is 0. The fourth-order valence-corrected chi connectivity index (χ4v) is 4.45. The SMILES string of the molecule is O=C(SCC1c2ccccc2-c2ccccc21)c1ccc(OC(F)(F)F)cc1. The van der Waals surface area contributed by atoms with Crippen molar-refractivity contribution in [1.82, 2.24) is 0 Å². The first-order chi connectivity index (χ1) is 13.4. The highest BCUT2D eigenvalue weighted by molar-refractivity contribution is 8.14. The number of ether oxygens (including phenoxy) is 1. The van der Waals surface area contributed by atoms with Crippen molar-refractivity contribution in [2.45, 2.75) is 12.3 Å². The molecule has 0 aliphatic heterocycles. The van der Waals surface area contributed by atoms with Crippen molar-refractivity contribution in [2.24, 2.45) is 0 Å². The summed E-state index contributed by atoms with van der Waals surface area (Å²) in [4.78, 5) is 12.5. The van der Waals surface area contributed by atoms with Crippen molar-refractivity contribution < 1.29 is 22.7 Å². The van der Waals surface area contributed by atoms with Gasteiger partial charge in [0.1, 0.15) is 5.75 Å². The Morgan fingerprint density at radius 1 is 0.857 bits per heavy atom. The second-order valence-corrected chi connectivity index (χ2v) is 7.39. The molecule has 0 bridgehead atoms. The van der Waals surface area contributed by atoms with Crippen molar-refractivity contribution in [3.8, 4) is 16.9 Å². The average molecular weight is 400 g/mol. The minimum absolute atomic E-state index is 0.106. The molecular weight excluding hydrogens is 385 g/mol. The Hall–Kier alpha value is -2.73. The highest BCUT2D eigenvalue weighted by Crippen LogP contribution is 2.46. The largest absolute Gasteiger partial charge is 0.573 e. The Morgan fingerprint density at radius 3 is 1.93 bits per heavy atom. The van der Waals surface area contributed by atoms with Crippen molar-refractivity contribution in [1.29, 1.82) is 0 Å². The lowest BCUT2D eigenvalue weighted by atomic mass is 9.99. The van der Waals surface area contributed by atoms with Crippen LogP contribution in [0.25, 0.3) is 11.1 Å². The number of hydrogen-bond acceptors (Lipinski definition) is 3. The third-order valence-electron chi connectivity index (χ3n) is 4.67. The molecule has 0 atom stereocenters. The van der Waals surface area contributed by atoms with E-state index in [1.807, 2.05) is 24.3 Å². The molecule has 0 fully saturated rings. The molecule has 28 heavy (non-hydrogen) atoms. The van der Waals surface area contributed by atoms with Gasteiger partial charge in [0.25, 0.3) is 0 Å². The molecule has 3 aromatic rings. The van der Waals surface area contributed by atoms with Crippen LogP contribution in [0.4, 0.5) is 13.2 Å². The van der Waals surface area contributed by atoms with Crippen molar-refractivity contribution in [2.75, 3.05) is 5.75 Å². The number of rotatable bonds is 4. The smallest absolute Gasteiger partial charge is 0.406 e. The maximum atomic E-state index is 12.5. The summed E-state index contributed by atoms with van der Waals surface area (Å²) >= 11 is 1.17. The number of halogens is 3. The first kappa shape index (κ1) is 18.6. The van der Waals surface area contributed by atoms with Gasteiger partial charge >= 0.3 is 6.36 Å². The molecule has 0 saturated heterocycles. The van der Waals surface area contributed by atoms with E-state index in [2.05, 4.69) is 29.0 Å². The minimum Gasteiger partial charge on any atom is -0.406 e. The van der Waals surface area contributed by atoms with Gasteiger partial charge in [-0.15, -0.1) is 13.2 Å². The van der Waals surface area contributed by atoms with Gasteiger partial charge in [0.05, 0.1) is 0 Å². The van der Waals surface area contributed by atoms with Crippen LogP contribution in [0.1, 0.15) is 27.4 Å². The summed E-state index contributed by atoms with van der Waals surface area (Å²) in [5.74, 6) is 0.329. The summed E-state index contributed by atoms with van der Waals surface area (Å²) in [6.07, 6.45) is -4.75. The zero-order chi connectivity index (χ0) is 19.7. The molecule has 0 amide bonds. The first-order valence-corrected chi connectivity index (χ1v) is 9.62. The lowest BCUT2D eigenvalue weighted by Gasteiger charge is -2.13. The van der Waals surface area contributed by atoms with E-state index in [0.717, 1.165) is 12.1 Å². The first-order valence-electron chi connectivity index (χ1n) is 8.63. The molecule has 0 spiro atoms. The molecular formula is C22H15F3O2S. The maximum absolute atomic E-state index is 12.5. The Morgan fingerprint density at radius 2 is 1.39 bits per heavy atom. The number of thioether (sulfide) groups is 1. The van der Waals surface area contributed by atoms with Gasteiger partial charge in [0.15, 0.2) is 0 Å². The summed E-state index contributed by atoms with van der Waals surface area (Å²) in [5.41, 5.74) is 5.10. The van der Waals surface area contributed by atoms with Crippen LogP contribution in [0.5, 0.6) is 5.75 Å². The average Bonchev–Trinajstić information content (AvgIpc) is 2.99. The van der Waals surface area contributed by atoms with E-state index >= 15 is 0 Å². The Kier molecular flexibility index (Phi) is 4.89. The van der Waals surface area contributed by atoms with Crippen LogP contribution < -0.4 is 4.74 Å². The molecule has 0 heterocycles. The molecule has 6 heteroatoms. The van der Waals surface area contributed by atoms with Crippen LogP contribution in [-0.4, -0.2) is 17.2 Å². The van der Waals surface area contributed by atoms with Crippen molar-refractivity contribution in [3.63, 3.8) is 0 Å². The van der Waals surface area contributed by atoms with E-state index < -0.39 is 6.36 Å². The van der Waals surface area contributed by atoms with E-state index in [-0.39, 0.29) is 16.8 Å². The maximum Gasteiger partial charge on any atom is 0.573 e. The van der Waals surface area contributed by atoms with Crippen molar-refractivity contribution >= 4 is 16.9 Å². The van der Waals surface area contributed by atoms with Crippen LogP contribution in [0.3, 0.4) is 0 Å². The summed E-state index contributed by atoms with van der Waals surface area (Å²) in [6, 6.07) is 21.3. The fraction of sp³-hybridized carbons (Fsp3) is 0.136. The van der Waals surface area contributed by atoms with E-state index in [0.29, 0.717) is 11.3 Å². The number of fused-ring (bicyclic) bond motifs is 3. The molecule has 3 aromatic carbocycles. The predicted molar refractivity (Wildman–Crippen MR) is 104 cm³/mol. The third kappa shape index (κ3) is 3.78. The lowest BCUT2D eigenvalue weighted by molar-refractivity contribution is -0.274. The van der Waals surface area contributed by atoms with Crippen LogP contribution in [-0.2, 0) is 0 Å². The van der Waals surface area contributed by atoms with Gasteiger partial charge in [0, 0.05) is 17.2 Å². The third-order valence-corrected chi connectivity index (χ3v) is 5.67. The molecule has 0 radical (unpaired) electrons. The molecule has 0 aromatic heterocycles. The van der Waals surface area contributed by atoms with Crippen LogP contribution in [0, 0.1) is 0 Å². The van der Waals surface area contributed by atoms with Gasteiger partial charge < -0.3 is 4.74 Å². The van der Waals surface area contributed by atoms with Gasteiger partial charge in [-0.25, -0.2) is 0 Å².